The minimum absolute atomic E-state index is 0.140. The number of unbranched alkanes of at least 4 members (excludes halogenated alkanes) is 1. The first-order valence-corrected chi connectivity index (χ1v) is 4.72. The largest absolute Gasteiger partial charge is 0.452 e. The van der Waals surface area contributed by atoms with Gasteiger partial charge >= 0.3 is 5.97 Å². The van der Waals surface area contributed by atoms with Gasteiger partial charge in [0, 0.05) is 13.0 Å². The summed E-state index contributed by atoms with van der Waals surface area (Å²) in [5.74, 6) is 5.28. The molecule has 0 saturated carbocycles. The number of carbonyl (C=O) groups is 1. The first kappa shape index (κ1) is 13.0. The molecule has 3 heteroatoms. The summed E-state index contributed by atoms with van der Waals surface area (Å²) in [5.41, 5.74) is -0.465. The van der Waals surface area contributed by atoms with E-state index in [1.807, 2.05) is 0 Å². The van der Waals surface area contributed by atoms with Crippen LogP contribution in [0.15, 0.2) is 0 Å². The van der Waals surface area contributed by atoms with Crippen LogP contribution in [0.4, 0.5) is 0 Å². The van der Waals surface area contributed by atoms with Gasteiger partial charge in [0.15, 0.2) is 6.61 Å². The number of rotatable bonds is 3. The molecule has 0 fully saturated rings. The van der Waals surface area contributed by atoms with Crippen molar-refractivity contribution in [2.75, 3.05) is 13.2 Å². The number of aliphatic hydroxyl groups excluding tert-OH is 1. The molecule has 0 unspecified atom stereocenters. The van der Waals surface area contributed by atoms with Gasteiger partial charge in [-0.05, 0) is 27.2 Å². The third-order valence-electron chi connectivity index (χ3n) is 1.47. The molecule has 80 valence electrons. The topological polar surface area (TPSA) is 46.5 Å². The number of ether oxygens (including phenoxy) is 1. The molecular formula is C11H18O3. The third kappa shape index (κ3) is 6.50. The van der Waals surface area contributed by atoms with Gasteiger partial charge in [0.05, 0.1) is 5.41 Å². The van der Waals surface area contributed by atoms with E-state index in [0.29, 0.717) is 12.8 Å². The second-order valence-corrected chi connectivity index (χ2v) is 4.01. The van der Waals surface area contributed by atoms with Gasteiger partial charge in [-0.3, -0.25) is 4.79 Å². The summed E-state index contributed by atoms with van der Waals surface area (Å²) in [6.07, 6.45) is 1.31. The summed E-state index contributed by atoms with van der Waals surface area (Å²) < 4.78 is 4.91. The average molecular weight is 198 g/mol. The maximum absolute atomic E-state index is 11.2. The fourth-order valence-electron chi connectivity index (χ4n) is 0.625. The zero-order chi connectivity index (χ0) is 11.0. The van der Waals surface area contributed by atoms with Crippen molar-refractivity contribution in [2.24, 2.45) is 5.41 Å². The first-order valence-electron chi connectivity index (χ1n) is 4.72. The Morgan fingerprint density at radius 2 is 2.00 bits per heavy atom. The Kier molecular flexibility index (Phi) is 5.98. The molecule has 3 nitrogen and oxygen atoms in total. The van der Waals surface area contributed by atoms with E-state index in [4.69, 9.17) is 9.84 Å². The number of hydrogen-bond acceptors (Lipinski definition) is 3. The van der Waals surface area contributed by atoms with Crippen molar-refractivity contribution in [3.05, 3.63) is 0 Å². The van der Waals surface area contributed by atoms with Crippen molar-refractivity contribution in [3.8, 4) is 11.8 Å². The molecular weight excluding hydrogens is 180 g/mol. The van der Waals surface area contributed by atoms with E-state index in [-0.39, 0.29) is 19.2 Å². The highest BCUT2D eigenvalue weighted by Gasteiger charge is 2.22. The van der Waals surface area contributed by atoms with Crippen LogP contribution in [-0.2, 0) is 9.53 Å². The van der Waals surface area contributed by atoms with E-state index in [2.05, 4.69) is 11.8 Å². The quantitative estimate of drug-likeness (QED) is 0.423. The Morgan fingerprint density at radius 1 is 1.36 bits per heavy atom. The van der Waals surface area contributed by atoms with Crippen LogP contribution in [0.1, 0.15) is 33.6 Å². The molecule has 0 aliphatic rings. The van der Waals surface area contributed by atoms with Crippen molar-refractivity contribution >= 4 is 5.97 Å². The molecule has 0 heterocycles. The van der Waals surface area contributed by atoms with Crippen LogP contribution >= 0.6 is 0 Å². The minimum atomic E-state index is -0.465. The average Bonchev–Trinajstić information content (AvgIpc) is 2.09. The van der Waals surface area contributed by atoms with Gasteiger partial charge in [0.25, 0.3) is 0 Å². The van der Waals surface area contributed by atoms with E-state index in [1.165, 1.54) is 0 Å². The van der Waals surface area contributed by atoms with Crippen molar-refractivity contribution in [1.82, 2.24) is 0 Å². The van der Waals surface area contributed by atoms with Crippen LogP contribution in [0.3, 0.4) is 0 Å². The lowest BCUT2D eigenvalue weighted by Gasteiger charge is -2.14. The highest BCUT2D eigenvalue weighted by molar-refractivity contribution is 5.75. The first-order chi connectivity index (χ1) is 6.48. The smallest absolute Gasteiger partial charge is 0.312 e. The molecule has 0 aromatic heterocycles. The summed E-state index contributed by atoms with van der Waals surface area (Å²) in [6.45, 7) is 5.69. The third-order valence-corrected chi connectivity index (χ3v) is 1.47. The summed E-state index contributed by atoms with van der Waals surface area (Å²) in [4.78, 5) is 11.2. The zero-order valence-corrected chi connectivity index (χ0v) is 9.09. The van der Waals surface area contributed by atoms with Crippen LogP contribution in [0.5, 0.6) is 0 Å². The molecule has 1 N–H and O–H groups in total. The van der Waals surface area contributed by atoms with Crippen LogP contribution in [-0.4, -0.2) is 24.3 Å². The lowest BCUT2D eigenvalue weighted by Crippen LogP contribution is -2.22. The monoisotopic (exact) mass is 198 g/mol. The van der Waals surface area contributed by atoms with E-state index in [0.717, 1.165) is 0 Å². The maximum atomic E-state index is 11.2. The molecule has 0 aromatic carbocycles. The lowest BCUT2D eigenvalue weighted by molar-refractivity contribution is -0.151. The van der Waals surface area contributed by atoms with Crippen LogP contribution in [0.2, 0.25) is 0 Å². The van der Waals surface area contributed by atoms with Gasteiger partial charge in [-0.25, -0.2) is 0 Å². The Labute approximate surface area is 85.5 Å². The molecule has 0 atom stereocenters. The van der Waals surface area contributed by atoms with Gasteiger partial charge in [-0.15, -0.1) is 0 Å². The molecule has 0 amide bonds. The molecule has 0 aromatic rings. The predicted molar refractivity (Wildman–Crippen MR) is 54.5 cm³/mol. The van der Waals surface area contributed by atoms with Gasteiger partial charge in [0.2, 0.25) is 0 Å². The molecule has 0 aliphatic carbocycles. The Bertz CT molecular complexity index is 227. The SMILES string of the molecule is CC(C)(C)C(=O)OCC#CCCCO. The summed E-state index contributed by atoms with van der Waals surface area (Å²) in [7, 11) is 0. The predicted octanol–water partition coefficient (Wildman–Crippen LogP) is 1.35. The fourth-order valence-corrected chi connectivity index (χ4v) is 0.625. The Morgan fingerprint density at radius 3 is 2.50 bits per heavy atom. The second kappa shape index (κ2) is 6.44. The van der Waals surface area contributed by atoms with E-state index in [9.17, 15) is 4.79 Å². The summed E-state index contributed by atoms with van der Waals surface area (Å²) in [5, 5.41) is 8.46. The highest BCUT2D eigenvalue weighted by atomic mass is 16.5. The minimum Gasteiger partial charge on any atom is -0.452 e. The van der Waals surface area contributed by atoms with Crippen molar-refractivity contribution in [2.45, 2.75) is 33.6 Å². The Balaban J connectivity index is 3.62. The van der Waals surface area contributed by atoms with Crippen molar-refractivity contribution in [3.63, 3.8) is 0 Å². The highest BCUT2D eigenvalue weighted by Crippen LogP contribution is 2.14. The van der Waals surface area contributed by atoms with Gasteiger partial charge in [-0.1, -0.05) is 11.8 Å². The van der Waals surface area contributed by atoms with Crippen molar-refractivity contribution in [1.29, 1.82) is 0 Å². The standard InChI is InChI=1S/C11H18O3/c1-11(2,3)10(13)14-9-7-5-4-6-8-12/h12H,4,6,8-9H2,1-3H3. The maximum Gasteiger partial charge on any atom is 0.312 e. The molecule has 0 aliphatic heterocycles. The van der Waals surface area contributed by atoms with E-state index >= 15 is 0 Å². The van der Waals surface area contributed by atoms with E-state index < -0.39 is 5.41 Å². The number of carbonyl (C=O) groups excluding carboxylic acids is 1. The molecule has 0 saturated heterocycles. The zero-order valence-electron chi connectivity index (χ0n) is 9.09. The summed E-state index contributed by atoms with van der Waals surface area (Å²) >= 11 is 0. The summed E-state index contributed by atoms with van der Waals surface area (Å²) in [6, 6.07) is 0. The molecule has 0 rings (SSSR count). The normalized spacial score (nSPS) is 10.3. The Hall–Kier alpha value is -1.01. The number of esters is 1. The molecule has 0 spiro atoms. The lowest BCUT2D eigenvalue weighted by atomic mass is 9.97. The molecule has 0 bridgehead atoms. The molecule has 0 radical (unpaired) electrons. The van der Waals surface area contributed by atoms with E-state index in [1.54, 1.807) is 20.8 Å². The van der Waals surface area contributed by atoms with Crippen molar-refractivity contribution < 1.29 is 14.6 Å². The van der Waals surface area contributed by atoms with Gasteiger partial charge in [0.1, 0.15) is 0 Å². The van der Waals surface area contributed by atoms with Crippen LogP contribution < -0.4 is 0 Å². The number of aliphatic hydroxyl groups is 1. The second-order valence-electron chi connectivity index (χ2n) is 4.01. The number of hydrogen-bond donors (Lipinski definition) is 1. The van der Waals surface area contributed by atoms with Crippen LogP contribution in [0.25, 0.3) is 0 Å². The van der Waals surface area contributed by atoms with Crippen LogP contribution in [0, 0.1) is 17.3 Å². The van der Waals surface area contributed by atoms with Gasteiger partial charge < -0.3 is 9.84 Å². The van der Waals surface area contributed by atoms with Gasteiger partial charge in [-0.2, -0.15) is 0 Å². The molecule has 14 heavy (non-hydrogen) atoms. The fraction of sp³-hybridized carbons (Fsp3) is 0.727.